The van der Waals surface area contributed by atoms with Gasteiger partial charge in [-0.05, 0) is 17.7 Å². The summed E-state index contributed by atoms with van der Waals surface area (Å²) >= 11 is 0. The van der Waals surface area contributed by atoms with Gasteiger partial charge in [-0.25, -0.2) is 4.98 Å². The molecule has 0 aromatic carbocycles. The fraction of sp³-hybridized carbons (Fsp3) is 0.500. The normalized spacial score (nSPS) is 17.1. The van der Waals surface area contributed by atoms with Crippen molar-refractivity contribution in [1.29, 1.82) is 0 Å². The van der Waals surface area contributed by atoms with Crippen molar-refractivity contribution in [3.05, 3.63) is 23.9 Å². The van der Waals surface area contributed by atoms with Crippen LogP contribution in [0.25, 0.3) is 0 Å². The van der Waals surface area contributed by atoms with Gasteiger partial charge in [-0.3, -0.25) is 0 Å². The van der Waals surface area contributed by atoms with Crippen LogP contribution in [0.5, 0.6) is 0 Å². The third-order valence-electron chi connectivity index (χ3n) is 2.43. The van der Waals surface area contributed by atoms with E-state index in [4.69, 9.17) is 5.11 Å². The van der Waals surface area contributed by atoms with Crippen molar-refractivity contribution in [2.24, 2.45) is 0 Å². The Morgan fingerprint density at radius 2 is 2.21 bits per heavy atom. The standard InChI is InChI=1S/C10H15N3O/c14-8-9-1-2-12-10(7-9)13-5-3-11-4-6-13/h1-2,7,11,14H,3-6,8H2. The molecule has 1 aliphatic heterocycles. The smallest absolute Gasteiger partial charge is 0.128 e. The number of piperazine rings is 1. The molecular formula is C10H15N3O. The molecule has 0 bridgehead atoms. The highest BCUT2D eigenvalue weighted by Crippen LogP contribution is 2.12. The fourth-order valence-electron chi connectivity index (χ4n) is 1.63. The summed E-state index contributed by atoms with van der Waals surface area (Å²) in [6, 6.07) is 3.79. The van der Waals surface area contributed by atoms with E-state index >= 15 is 0 Å². The lowest BCUT2D eigenvalue weighted by atomic mass is 10.2. The maximum atomic E-state index is 9.00. The number of rotatable bonds is 2. The number of aliphatic hydroxyl groups is 1. The third-order valence-corrected chi connectivity index (χ3v) is 2.43. The van der Waals surface area contributed by atoms with E-state index in [-0.39, 0.29) is 6.61 Å². The Hall–Kier alpha value is -1.13. The summed E-state index contributed by atoms with van der Waals surface area (Å²) in [5.74, 6) is 0.970. The van der Waals surface area contributed by atoms with E-state index in [9.17, 15) is 0 Å². The minimum Gasteiger partial charge on any atom is -0.392 e. The van der Waals surface area contributed by atoms with Crippen LogP contribution in [0.1, 0.15) is 5.56 Å². The summed E-state index contributed by atoms with van der Waals surface area (Å²) in [6.45, 7) is 4.07. The van der Waals surface area contributed by atoms with Crippen molar-refractivity contribution in [3.63, 3.8) is 0 Å². The summed E-state index contributed by atoms with van der Waals surface area (Å²) < 4.78 is 0. The molecule has 0 radical (unpaired) electrons. The van der Waals surface area contributed by atoms with Gasteiger partial charge in [-0.15, -0.1) is 0 Å². The molecule has 1 aliphatic rings. The number of aliphatic hydroxyl groups excluding tert-OH is 1. The third kappa shape index (κ3) is 2.02. The summed E-state index contributed by atoms with van der Waals surface area (Å²) in [7, 11) is 0. The first-order valence-electron chi connectivity index (χ1n) is 4.91. The summed E-state index contributed by atoms with van der Waals surface area (Å²) in [5.41, 5.74) is 0.925. The maximum absolute atomic E-state index is 9.00. The number of nitrogens with zero attached hydrogens (tertiary/aromatic N) is 2. The van der Waals surface area contributed by atoms with Crippen molar-refractivity contribution >= 4 is 5.82 Å². The zero-order chi connectivity index (χ0) is 9.80. The zero-order valence-corrected chi connectivity index (χ0v) is 8.11. The average molecular weight is 193 g/mol. The van der Waals surface area contributed by atoms with Crippen molar-refractivity contribution in [2.75, 3.05) is 31.1 Å². The second-order valence-corrected chi connectivity index (χ2v) is 3.42. The molecule has 0 saturated carbocycles. The minimum atomic E-state index is 0.0849. The molecule has 0 atom stereocenters. The monoisotopic (exact) mass is 193 g/mol. The van der Waals surface area contributed by atoms with Crippen molar-refractivity contribution < 1.29 is 5.11 Å². The second kappa shape index (κ2) is 4.39. The van der Waals surface area contributed by atoms with Crippen LogP contribution >= 0.6 is 0 Å². The van der Waals surface area contributed by atoms with Gasteiger partial charge in [-0.2, -0.15) is 0 Å². The lowest BCUT2D eigenvalue weighted by Crippen LogP contribution is -2.43. The van der Waals surface area contributed by atoms with Gasteiger partial charge in [0.25, 0.3) is 0 Å². The Bertz CT molecular complexity index is 297. The maximum Gasteiger partial charge on any atom is 0.128 e. The van der Waals surface area contributed by atoms with Gasteiger partial charge >= 0.3 is 0 Å². The molecule has 0 unspecified atom stereocenters. The summed E-state index contributed by atoms with van der Waals surface area (Å²) in [6.07, 6.45) is 1.75. The van der Waals surface area contributed by atoms with Crippen LogP contribution in [0.3, 0.4) is 0 Å². The van der Waals surface area contributed by atoms with Crippen LogP contribution < -0.4 is 10.2 Å². The number of aromatic nitrogens is 1. The van der Waals surface area contributed by atoms with E-state index in [1.54, 1.807) is 6.20 Å². The molecule has 1 aromatic rings. The second-order valence-electron chi connectivity index (χ2n) is 3.42. The van der Waals surface area contributed by atoms with Crippen LogP contribution in [0, 0.1) is 0 Å². The molecule has 0 aliphatic carbocycles. The molecule has 2 rings (SSSR count). The predicted octanol–water partition coefficient (Wildman–Crippen LogP) is -0.0165. The Morgan fingerprint density at radius 1 is 1.43 bits per heavy atom. The first-order chi connectivity index (χ1) is 6.90. The Labute approximate surface area is 83.6 Å². The lowest BCUT2D eigenvalue weighted by Gasteiger charge is -2.28. The molecule has 0 amide bonds. The van der Waals surface area contributed by atoms with Gasteiger partial charge in [0.15, 0.2) is 0 Å². The van der Waals surface area contributed by atoms with E-state index < -0.39 is 0 Å². The molecule has 4 nitrogen and oxygen atoms in total. The molecule has 14 heavy (non-hydrogen) atoms. The molecule has 1 aromatic heterocycles. The molecule has 4 heteroatoms. The quantitative estimate of drug-likeness (QED) is 0.693. The first-order valence-corrected chi connectivity index (χ1v) is 4.91. The van der Waals surface area contributed by atoms with Gasteiger partial charge in [0.2, 0.25) is 0 Å². The molecule has 1 fully saturated rings. The largest absolute Gasteiger partial charge is 0.392 e. The van der Waals surface area contributed by atoms with E-state index in [1.807, 2.05) is 12.1 Å². The highest BCUT2D eigenvalue weighted by atomic mass is 16.3. The van der Waals surface area contributed by atoms with Gasteiger partial charge in [0.1, 0.15) is 5.82 Å². The number of hydrogen-bond donors (Lipinski definition) is 2. The minimum absolute atomic E-state index is 0.0849. The number of pyridine rings is 1. The lowest BCUT2D eigenvalue weighted by molar-refractivity contribution is 0.281. The summed E-state index contributed by atoms with van der Waals surface area (Å²) in [5, 5.41) is 12.3. The van der Waals surface area contributed by atoms with Crippen LogP contribution in [-0.2, 0) is 6.61 Å². The van der Waals surface area contributed by atoms with E-state index in [0.29, 0.717) is 0 Å². The number of nitrogens with one attached hydrogen (secondary N) is 1. The molecular weight excluding hydrogens is 178 g/mol. The van der Waals surface area contributed by atoms with Crippen LogP contribution in [-0.4, -0.2) is 36.3 Å². The zero-order valence-electron chi connectivity index (χ0n) is 8.11. The Morgan fingerprint density at radius 3 is 2.93 bits per heavy atom. The highest BCUT2D eigenvalue weighted by molar-refractivity contribution is 5.41. The van der Waals surface area contributed by atoms with Crippen LogP contribution in [0.15, 0.2) is 18.3 Å². The fourth-order valence-corrected chi connectivity index (χ4v) is 1.63. The van der Waals surface area contributed by atoms with E-state index in [0.717, 1.165) is 37.6 Å². The van der Waals surface area contributed by atoms with E-state index in [1.165, 1.54) is 0 Å². The Balaban J connectivity index is 2.13. The highest BCUT2D eigenvalue weighted by Gasteiger charge is 2.11. The molecule has 2 heterocycles. The van der Waals surface area contributed by atoms with Crippen LogP contribution in [0.2, 0.25) is 0 Å². The first kappa shape index (κ1) is 9.43. The Kier molecular flexibility index (Phi) is 2.96. The summed E-state index contributed by atoms with van der Waals surface area (Å²) in [4.78, 5) is 6.53. The van der Waals surface area contributed by atoms with Crippen molar-refractivity contribution in [3.8, 4) is 0 Å². The molecule has 76 valence electrons. The van der Waals surface area contributed by atoms with Gasteiger partial charge in [0.05, 0.1) is 6.61 Å². The topological polar surface area (TPSA) is 48.4 Å². The van der Waals surface area contributed by atoms with Crippen molar-refractivity contribution in [1.82, 2.24) is 10.3 Å². The predicted molar refractivity (Wildman–Crippen MR) is 55.2 cm³/mol. The van der Waals surface area contributed by atoms with Gasteiger partial charge in [-0.1, -0.05) is 0 Å². The SMILES string of the molecule is OCc1ccnc(N2CCNCC2)c1. The van der Waals surface area contributed by atoms with Gasteiger partial charge in [0, 0.05) is 32.4 Å². The van der Waals surface area contributed by atoms with Crippen molar-refractivity contribution in [2.45, 2.75) is 6.61 Å². The average Bonchev–Trinajstić information content (AvgIpc) is 2.30. The van der Waals surface area contributed by atoms with Crippen LogP contribution in [0.4, 0.5) is 5.82 Å². The van der Waals surface area contributed by atoms with Gasteiger partial charge < -0.3 is 15.3 Å². The molecule has 1 saturated heterocycles. The number of anilines is 1. The molecule has 2 N–H and O–H groups in total. The molecule has 0 spiro atoms. The van der Waals surface area contributed by atoms with E-state index in [2.05, 4.69) is 15.2 Å². The number of hydrogen-bond acceptors (Lipinski definition) is 4.